The second-order valence-electron chi connectivity index (χ2n) is 4.45. The lowest BCUT2D eigenvalue weighted by Gasteiger charge is -2.17. The Bertz CT molecular complexity index is 569. The van der Waals surface area contributed by atoms with Crippen molar-refractivity contribution in [2.24, 2.45) is 0 Å². The first-order chi connectivity index (χ1) is 9.04. The van der Waals surface area contributed by atoms with Gasteiger partial charge in [0.25, 0.3) is 0 Å². The largest absolute Gasteiger partial charge is 0.493 e. The number of aromatic nitrogens is 3. The molecule has 0 aliphatic carbocycles. The summed E-state index contributed by atoms with van der Waals surface area (Å²) in [5, 5.41) is 15.1. The number of pyridine rings is 1. The molecule has 102 valence electrons. The van der Waals surface area contributed by atoms with Crippen molar-refractivity contribution in [1.82, 2.24) is 14.8 Å². The number of methoxy groups -OCH3 is 1. The van der Waals surface area contributed by atoms with Crippen molar-refractivity contribution in [2.45, 2.75) is 26.0 Å². The highest BCUT2D eigenvalue weighted by atomic mass is 35.5. The normalized spacial score (nSPS) is 12.7. The number of ether oxygens (including phenoxy) is 1. The van der Waals surface area contributed by atoms with Crippen molar-refractivity contribution in [1.29, 1.82) is 0 Å². The van der Waals surface area contributed by atoms with Crippen LogP contribution in [0.4, 0.5) is 0 Å². The summed E-state index contributed by atoms with van der Waals surface area (Å²) in [4.78, 5) is 3.90. The molecule has 0 aromatic carbocycles. The highest BCUT2D eigenvalue weighted by Crippen LogP contribution is 2.32. The molecule has 0 radical (unpaired) electrons. The molecule has 0 fully saturated rings. The van der Waals surface area contributed by atoms with Crippen LogP contribution in [0.25, 0.3) is 0 Å². The molecule has 0 amide bonds. The molecule has 1 unspecified atom stereocenters. The molecule has 1 atom stereocenters. The van der Waals surface area contributed by atoms with Crippen molar-refractivity contribution in [3.63, 3.8) is 0 Å². The van der Waals surface area contributed by atoms with Gasteiger partial charge in [0.05, 0.1) is 13.3 Å². The average Bonchev–Trinajstić information content (AvgIpc) is 2.81. The summed E-state index contributed by atoms with van der Waals surface area (Å²) in [6, 6.07) is 3.46. The second-order valence-corrected chi connectivity index (χ2v) is 4.84. The first-order valence-electron chi connectivity index (χ1n) is 5.95. The molecule has 2 rings (SSSR count). The van der Waals surface area contributed by atoms with E-state index < -0.39 is 6.10 Å². The first kappa shape index (κ1) is 13.8. The lowest BCUT2D eigenvalue weighted by Crippen LogP contribution is -2.13. The summed E-state index contributed by atoms with van der Waals surface area (Å²) < 4.78 is 6.99. The van der Waals surface area contributed by atoms with Crippen molar-refractivity contribution in [3.8, 4) is 5.75 Å². The second kappa shape index (κ2) is 5.59. The van der Waals surface area contributed by atoms with Gasteiger partial charge in [0.1, 0.15) is 17.0 Å². The quantitative estimate of drug-likeness (QED) is 0.875. The lowest BCUT2D eigenvalue weighted by atomic mass is 10.1. The summed E-state index contributed by atoms with van der Waals surface area (Å²) >= 11 is 5.85. The fourth-order valence-electron chi connectivity index (χ4n) is 1.93. The van der Waals surface area contributed by atoms with E-state index in [0.29, 0.717) is 22.2 Å². The summed E-state index contributed by atoms with van der Waals surface area (Å²) in [7, 11) is 1.55. The Hall–Kier alpha value is -1.59. The third-order valence-corrected chi connectivity index (χ3v) is 3.04. The van der Waals surface area contributed by atoms with Gasteiger partial charge in [0.2, 0.25) is 0 Å². The van der Waals surface area contributed by atoms with E-state index in [9.17, 15) is 5.11 Å². The zero-order chi connectivity index (χ0) is 14.0. The fraction of sp³-hybridized carbons (Fsp3) is 0.385. The molecule has 1 N–H and O–H groups in total. The molecule has 0 saturated carbocycles. The van der Waals surface area contributed by atoms with Gasteiger partial charge in [-0.15, -0.1) is 0 Å². The number of nitrogens with zero attached hydrogens (tertiary/aromatic N) is 3. The van der Waals surface area contributed by atoms with Gasteiger partial charge in [0.15, 0.2) is 5.75 Å². The molecule has 6 heteroatoms. The zero-order valence-electron chi connectivity index (χ0n) is 11.0. The van der Waals surface area contributed by atoms with Gasteiger partial charge < -0.3 is 9.84 Å². The Morgan fingerprint density at radius 3 is 2.74 bits per heavy atom. The molecule has 19 heavy (non-hydrogen) atoms. The third-order valence-electron chi connectivity index (χ3n) is 2.83. The lowest BCUT2D eigenvalue weighted by molar-refractivity contribution is 0.199. The van der Waals surface area contributed by atoms with E-state index in [1.54, 1.807) is 36.3 Å². The zero-order valence-corrected chi connectivity index (χ0v) is 11.8. The predicted molar refractivity (Wildman–Crippen MR) is 72.5 cm³/mol. The molecular weight excluding hydrogens is 266 g/mol. The monoisotopic (exact) mass is 281 g/mol. The minimum Gasteiger partial charge on any atom is -0.493 e. The summed E-state index contributed by atoms with van der Waals surface area (Å²) in [5.74, 6) is 0.550. The van der Waals surface area contributed by atoms with Crippen LogP contribution in [0, 0.1) is 0 Å². The summed E-state index contributed by atoms with van der Waals surface area (Å²) in [6.07, 6.45) is 2.30. The molecule has 2 heterocycles. The van der Waals surface area contributed by atoms with Crippen molar-refractivity contribution in [2.75, 3.05) is 7.11 Å². The number of aliphatic hydroxyl groups is 1. The molecule has 0 saturated heterocycles. The number of hydrogen-bond acceptors (Lipinski definition) is 4. The fourth-order valence-corrected chi connectivity index (χ4v) is 2.11. The van der Waals surface area contributed by atoms with Crippen LogP contribution in [-0.4, -0.2) is 27.0 Å². The molecule has 0 aliphatic heterocycles. The van der Waals surface area contributed by atoms with E-state index in [1.165, 1.54) is 0 Å². The van der Waals surface area contributed by atoms with E-state index >= 15 is 0 Å². The van der Waals surface area contributed by atoms with Crippen LogP contribution in [0.15, 0.2) is 24.5 Å². The number of hydrogen-bond donors (Lipinski definition) is 1. The molecular formula is C13H16ClN3O2. The Morgan fingerprint density at radius 1 is 1.42 bits per heavy atom. The van der Waals surface area contributed by atoms with Crippen molar-refractivity contribution >= 4 is 11.6 Å². The SMILES string of the molecule is COc1cnn(C(C)C)c1C(O)c1ccnc(Cl)c1. The molecule has 2 aromatic rings. The maximum absolute atomic E-state index is 10.5. The average molecular weight is 282 g/mol. The predicted octanol–water partition coefficient (Wildman–Crippen LogP) is 2.60. The maximum atomic E-state index is 10.5. The topological polar surface area (TPSA) is 60.2 Å². The highest BCUT2D eigenvalue weighted by Gasteiger charge is 2.23. The van der Waals surface area contributed by atoms with Crippen LogP contribution in [0.1, 0.15) is 37.3 Å². The van der Waals surface area contributed by atoms with Gasteiger partial charge >= 0.3 is 0 Å². The van der Waals surface area contributed by atoms with Crippen LogP contribution in [0.2, 0.25) is 5.15 Å². The molecule has 5 nitrogen and oxygen atoms in total. The Balaban J connectivity index is 2.48. The Morgan fingerprint density at radius 2 is 2.16 bits per heavy atom. The molecule has 0 spiro atoms. The Kier molecular flexibility index (Phi) is 4.07. The smallest absolute Gasteiger partial charge is 0.163 e. The van der Waals surface area contributed by atoms with Crippen LogP contribution < -0.4 is 4.74 Å². The van der Waals surface area contributed by atoms with E-state index in [1.807, 2.05) is 13.8 Å². The van der Waals surface area contributed by atoms with E-state index in [4.69, 9.17) is 16.3 Å². The number of halogens is 1. The minimum absolute atomic E-state index is 0.117. The molecule has 0 bridgehead atoms. The van der Waals surface area contributed by atoms with Crippen LogP contribution >= 0.6 is 11.6 Å². The summed E-state index contributed by atoms with van der Waals surface area (Å²) in [5.41, 5.74) is 1.26. The molecule has 0 aliphatic rings. The molecule has 2 aromatic heterocycles. The number of aliphatic hydroxyl groups excluding tert-OH is 1. The minimum atomic E-state index is -0.861. The summed E-state index contributed by atoms with van der Waals surface area (Å²) in [6.45, 7) is 3.98. The standard InChI is InChI=1S/C13H16ClN3O2/c1-8(2)17-12(10(19-3)7-16-17)13(18)9-4-5-15-11(14)6-9/h4-8,13,18H,1-3H3. The van der Waals surface area contributed by atoms with Gasteiger partial charge in [0, 0.05) is 12.2 Å². The van der Waals surface area contributed by atoms with E-state index in [2.05, 4.69) is 10.1 Å². The Labute approximate surface area is 116 Å². The number of rotatable bonds is 4. The van der Waals surface area contributed by atoms with Crippen LogP contribution in [-0.2, 0) is 0 Å². The maximum Gasteiger partial charge on any atom is 0.163 e. The van der Waals surface area contributed by atoms with Crippen LogP contribution in [0.5, 0.6) is 5.75 Å². The van der Waals surface area contributed by atoms with Crippen LogP contribution in [0.3, 0.4) is 0 Å². The van der Waals surface area contributed by atoms with Gasteiger partial charge in [-0.1, -0.05) is 11.6 Å². The van der Waals surface area contributed by atoms with E-state index in [-0.39, 0.29) is 6.04 Å². The first-order valence-corrected chi connectivity index (χ1v) is 6.33. The van der Waals surface area contributed by atoms with Crippen molar-refractivity contribution < 1.29 is 9.84 Å². The van der Waals surface area contributed by atoms with Gasteiger partial charge in [-0.3, -0.25) is 4.68 Å². The van der Waals surface area contributed by atoms with Gasteiger partial charge in [-0.05, 0) is 31.5 Å². The van der Waals surface area contributed by atoms with Gasteiger partial charge in [-0.25, -0.2) is 4.98 Å². The van der Waals surface area contributed by atoms with Gasteiger partial charge in [-0.2, -0.15) is 5.10 Å². The highest BCUT2D eigenvalue weighted by molar-refractivity contribution is 6.29. The third kappa shape index (κ3) is 2.72. The van der Waals surface area contributed by atoms with Crippen molar-refractivity contribution in [3.05, 3.63) is 40.9 Å². The van der Waals surface area contributed by atoms with E-state index in [0.717, 1.165) is 0 Å².